The Morgan fingerprint density at radius 1 is 1.02 bits per heavy atom. The van der Waals surface area contributed by atoms with E-state index in [0.717, 1.165) is 24.0 Å². The molecule has 1 aliphatic heterocycles. The van der Waals surface area contributed by atoms with Crippen molar-refractivity contribution in [3.63, 3.8) is 0 Å². The van der Waals surface area contributed by atoms with E-state index in [-0.39, 0.29) is 23.8 Å². The van der Waals surface area contributed by atoms with Crippen LogP contribution in [0.5, 0.6) is 5.75 Å². The van der Waals surface area contributed by atoms with Crippen molar-refractivity contribution in [3.05, 3.63) is 136 Å². The summed E-state index contributed by atoms with van der Waals surface area (Å²) in [5, 5.41) is 30.9. The maximum Gasteiger partial charge on any atom is 0.297 e. The minimum atomic E-state index is -1.86. The molecule has 1 amide bonds. The zero-order chi connectivity index (χ0) is 35.8. The number of ether oxygens (including phenoxy) is 1. The third-order valence-corrected chi connectivity index (χ3v) is 9.28. The topological polar surface area (TPSA) is 123 Å². The highest BCUT2D eigenvalue weighted by molar-refractivity contribution is 6.07. The molecule has 0 bridgehead atoms. The normalized spacial score (nSPS) is 17.2. The minimum absolute atomic E-state index is 0.0787. The van der Waals surface area contributed by atoms with E-state index in [0.29, 0.717) is 42.1 Å². The van der Waals surface area contributed by atoms with Crippen LogP contribution in [0.4, 0.5) is 5.69 Å². The van der Waals surface area contributed by atoms with Crippen LogP contribution in [-0.2, 0) is 16.9 Å². The number of amides is 1. The first kappa shape index (κ1) is 36.2. The number of aryl methyl sites for hydroxylation is 1. The average Bonchev–Trinajstić information content (AvgIpc) is 3.66. The van der Waals surface area contributed by atoms with Gasteiger partial charge in [0, 0.05) is 42.7 Å². The lowest BCUT2D eigenvalue weighted by Gasteiger charge is -2.27. The molecule has 50 heavy (non-hydrogen) atoms. The second kappa shape index (κ2) is 16.1. The van der Waals surface area contributed by atoms with E-state index in [4.69, 9.17) is 4.74 Å². The predicted molar refractivity (Wildman–Crippen MR) is 196 cm³/mol. The number of nitrogens with zero attached hydrogens (tertiary/aromatic N) is 5. The quantitative estimate of drug-likeness (QED) is 0.147. The second-order valence-electron chi connectivity index (χ2n) is 13.1. The van der Waals surface area contributed by atoms with Crippen molar-refractivity contribution >= 4 is 11.6 Å². The molecule has 1 unspecified atom stereocenters. The summed E-state index contributed by atoms with van der Waals surface area (Å²) in [5.41, 5.74) is 3.45. The van der Waals surface area contributed by atoms with Gasteiger partial charge in [0.1, 0.15) is 0 Å². The highest BCUT2D eigenvalue weighted by atomic mass is 16.5. The van der Waals surface area contributed by atoms with Crippen LogP contribution in [-0.4, -0.2) is 55.9 Å². The molecule has 5 rings (SSSR count). The van der Waals surface area contributed by atoms with E-state index in [2.05, 4.69) is 37.2 Å². The van der Waals surface area contributed by atoms with Gasteiger partial charge in [-0.05, 0) is 75.9 Å². The number of anilines is 1. The second-order valence-corrected chi connectivity index (χ2v) is 13.1. The molecule has 4 aromatic rings. The van der Waals surface area contributed by atoms with Gasteiger partial charge in [-0.15, -0.1) is 5.10 Å². The fourth-order valence-electron chi connectivity index (χ4n) is 6.32. The van der Waals surface area contributed by atoms with Gasteiger partial charge in [0.2, 0.25) is 0 Å². The molecule has 0 spiro atoms. The van der Waals surface area contributed by atoms with Crippen molar-refractivity contribution in [3.8, 4) is 11.4 Å². The summed E-state index contributed by atoms with van der Waals surface area (Å²) in [5.74, 6) is -1.08. The van der Waals surface area contributed by atoms with Crippen LogP contribution in [0.15, 0.2) is 113 Å². The monoisotopic (exact) mass is 677 g/mol. The van der Waals surface area contributed by atoms with Gasteiger partial charge in [0.25, 0.3) is 11.5 Å². The van der Waals surface area contributed by atoms with Gasteiger partial charge < -0.3 is 19.8 Å². The molecular formula is C40H47N5O5. The molecule has 2 aromatic carbocycles. The Labute approximate surface area is 293 Å². The van der Waals surface area contributed by atoms with Gasteiger partial charge in [-0.1, -0.05) is 77.9 Å². The fraction of sp³-hybridized carbons (Fsp3) is 0.350. The number of aliphatic hydroxyl groups excluding tert-OH is 1. The van der Waals surface area contributed by atoms with Crippen LogP contribution in [0.25, 0.3) is 5.69 Å². The predicted octanol–water partition coefficient (Wildman–Crippen LogP) is 6.07. The lowest BCUT2D eigenvalue weighted by molar-refractivity contribution is -0.139. The maximum absolute atomic E-state index is 14.2. The number of rotatable bonds is 15. The molecule has 0 saturated carbocycles. The Bertz CT molecular complexity index is 1940. The Kier molecular flexibility index (Phi) is 11.7. The summed E-state index contributed by atoms with van der Waals surface area (Å²) in [6, 6.07) is 18.3. The van der Waals surface area contributed by atoms with Gasteiger partial charge >= 0.3 is 0 Å². The number of allylic oxidation sites excluding steroid dienone is 4. The van der Waals surface area contributed by atoms with Crippen LogP contribution >= 0.6 is 0 Å². The van der Waals surface area contributed by atoms with E-state index in [1.54, 1.807) is 46.1 Å². The third kappa shape index (κ3) is 7.72. The molecule has 3 heterocycles. The van der Waals surface area contributed by atoms with Crippen LogP contribution in [0, 0.1) is 5.92 Å². The van der Waals surface area contributed by atoms with Gasteiger partial charge in [-0.25, -0.2) is 0 Å². The van der Waals surface area contributed by atoms with Gasteiger partial charge in [-0.2, -0.15) is 0 Å². The molecule has 0 radical (unpaired) electrons. The first-order chi connectivity index (χ1) is 24.1. The van der Waals surface area contributed by atoms with E-state index in [1.807, 2.05) is 61.7 Å². The zero-order valence-corrected chi connectivity index (χ0v) is 29.5. The van der Waals surface area contributed by atoms with Crippen LogP contribution in [0.1, 0.15) is 69.7 Å². The van der Waals surface area contributed by atoms with Gasteiger partial charge in [0.15, 0.2) is 11.4 Å². The number of pyridine rings is 1. The summed E-state index contributed by atoms with van der Waals surface area (Å²) in [4.78, 5) is 28.9. The van der Waals surface area contributed by atoms with Crippen molar-refractivity contribution in [1.82, 2.24) is 19.6 Å². The van der Waals surface area contributed by atoms with E-state index < -0.39 is 17.4 Å². The Morgan fingerprint density at radius 2 is 1.80 bits per heavy atom. The van der Waals surface area contributed by atoms with Crippen molar-refractivity contribution in [2.24, 2.45) is 5.92 Å². The number of carbonyl (C=O) groups excluding carboxylic acids is 1. The number of aliphatic hydroxyl groups is 2. The van der Waals surface area contributed by atoms with E-state index >= 15 is 0 Å². The first-order valence-electron chi connectivity index (χ1n) is 17.0. The smallest absolute Gasteiger partial charge is 0.297 e. The molecule has 0 fully saturated rings. The molecular weight excluding hydrogens is 630 g/mol. The molecule has 262 valence electrons. The van der Waals surface area contributed by atoms with Crippen LogP contribution < -0.4 is 15.2 Å². The molecule has 1 aliphatic rings. The summed E-state index contributed by atoms with van der Waals surface area (Å²) < 4.78 is 8.43. The van der Waals surface area contributed by atoms with Crippen molar-refractivity contribution in [2.75, 3.05) is 25.2 Å². The molecule has 2 aromatic heterocycles. The zero-order valence-electron chi connectivity index (χ0n) is 29.5. The Hall–Kier alpha value is -5.06. The molecule has 10 nitrogen and oxygen atoms in total. The maximum atomic E-state index is 14.2. The number of aromatic nitrogens is 4. The van der Waals surface area contributed by atoms with Crippen LogP contribution in [0.2, 0.25) is 0 Å². The SMILES string of the molecule is COc1cccn(-c2ccc3c(c2)[C@](O)([C@@H](C)/C=C/CCn2cc(C(CO)c4ccccc4)nn2)C(=O)N3C/C=C(\C)CCC=C(C)C)c1=O. The van der Waals surface area contributed by atoms with Gasteiger partial charge in [0.05, 0.1) is 31.0 Å². The molecule has 2 N–H and O–H groups in total. The van der Waals surface area contributed by atoms with Crippen LogP contribution in [0.3, 0.4) is 0 Å². The highest BCUT2D eigenvalue weighted by Crippen LogP contribution is 2.46. The number of fused-ring (bicyclic) bond motifs is 1. The Morgan fingerprint density at radius 3 is 2.52 bits per heavy atom. The summed E-state index contributed by atoms with van der Waals surface area (Å²) in [6.45, 7) is 8.80. The summed E-state index contributed by atoms with van der Waals surface area (Å²) in [7, 11) is 1.45. The lowest BCUT2D eigenvalue weighted by atomic mass is 9.82. The first-order valence-corrected chi connectivity index (χ1v) is 17.0. The number of hydrogen-bond acceptors (Lipinski definition) is 7. The number of benzene rings is 2. The van der Waals surface area contributed by atoms with E-state index in [9.17, 15) is 19.8 Å². The van der Waals surface area contributed by atoms with Crippen molar-refractivity contribution in [2.45, 2.75) is 65.0 Å². The molecule has 10 heteroatoms. The fourth-order valence-corrected chi connectivity index (χ4v) is 6.32. The standard InChI is InChI=1S/C40H47N5O5/c1-28(2)13-11-14-29(3)21-24-45-36-20-19-32(44-23-12-18-37(50-5)38(44)47)25-34(36)40(49,39(45)48)30(4)15-9-10-22-43-26-35(41-42-43)33(27-46)31-16-7-6-8-17-31/h6-9,12-13,15-21,23,25-26,30,33,46,49H,10-11,14,22,24,27H2,1-5H3/b15-9+,29-21+/t30-,33?,40+/m0/s1. The number of hydrogen-bond donors (Lipinski definition) is 2. The van der Waals surface area contributed by atoms with Gasteiger partial charge in [-0.3, -0.25) is 18.8 Å². The highest BCUT2D eigenvalue weighted by Gasteiger charge is 2.52. The van der Waals surface area contributed by atoms with Crippen molar-refractivity contribution < 1.29 is 19.7 Å². The largest absolute Gasteiger partial charge is 0.491 e. The summed E-state index contributed by atoms with van der Waals surface area (Å²) >= 11 is 0. The molecule has 0 saturated heterocycles. The van der Waals surface area contributed by atoms with Crippen molar-refractivity contribution in [1.29, 1.82) is 0 Å². The minimum Gasteiger partial charge on any atom is -0.491 e. The molecule has 3 atom stereocenters. The molecule has 0 aliphatic carbocycles. The number of methoxy groups -OCH3 is 1. The number of carbonyl (C=O) groups is 1. The summed E-state index contributed by atoms with van der Waals surface area (Å²) in [6.07, 6.45) is 13.9. The lowest BCUT2D eigenvalue weighted by Crippen LogP contribution is -2.44. The average molecular weight is 678 g/mol. The Balaban J connectivity index is 1.38. The van der Waals surface area contributed by atoms with E-state index in [1.165, 1.54) is 17.3 Å². The third-order valence-electron chi connectivity index (χ3n) is 9.28.